The molecule has 0 radical (unpaired) electrons. The largest absolute Gasteiger partial charge is 0.417 e. The molecule has 1 aliphatic heterocycles. The van der Waals surface area contributed by atoms with E-state index < -0.39 is 30.7 Å². The molecule has 1 aromatic carbocycles. The van der Waals surface area contributed by atoms with Gasteiger partial charge in [0.15, 0.2) is 5.60 Å². The topological polar surface area (TPSA) is 55.8 Å². The number of nitrogens with one attached hydrogen (secondary N) is 1. The van der Waals surface area contributed by atoms with Gasteiger partial charge in [0.25, 0.3) is 0 Å². The van der Waals surface area contributed by atoms with Gasteiger partial charge in [0.2, 0.25) is 0 Å². The van der Waals surface area contributed by atoms with Crippen molar-refractivity contribution in [2.45, 2.75) is 37.1 Å². The summed E-state index contributed by atoms with van der Waals surface area (Å²) in [5.74, 6) is 0. The second-order valence-electron chi connectivity index (χ2n) is 7.11. The highest BCUT2D eigenvalue weighted by Gasteiger charge is 2.54. The summed E-state index contributed by atoms with van der Waals surface area (Å²) in [5.41, 5.74) is -1.62. The summed E-state index contributed by atoms with van der Waals surface area (Å²) in [7, 11) is 3.79. The van der Waals surface area contributed by atoms with Crippen molar-refractivity contribution in [1.29, 1.82) is 0 Å². The van der Waals surface area contributed by atoms with Crippen LogP contribution in [-0.2, 0) is 6.42 Å². The Balaban J connectivity index is 1.95. The Morgan fingerprint density at radius 3 is 2.35 bits per heavy atom. The lowest BCUT2D eigenvalue weighted by molar-refractivity contribution is -0.271. The second-order valence-corrected chi connectivity index (χ2v) is 7.11. The first kappa shape index (κ1) is 20.5. The van der Waals surface area contributed by atoms with Crippen molar-refractivity contribution in [2.75, 3.05) is 33.7 Å². The normalized spacial score (nSPS) is 18.7. The van der Waals surface area contributed by atoms with Gasteiger partial charge in [-0.2, -0.15) is 13.2 Å². The summed E-state index contributed by atoms with van der Waals surface area (Å²) in [6.07, 6.45) is -5.04. The van der Waals surface area contributed by atoms with Gasteiger partial charge in [0, 0.05) is 38.5 Å². The number of hydrogen-bond donors (Lipinski definition) is 2. The molecule has 2 amide bonds. The first-order valence-corrected chi connectivity index (χ1v) is 8.64. The summed E-state index contributed by atoms with van der Waals surface area (Å²) >= 11 is 0. The molecule has 26 heavy (non-hydrogen) atoms. The lowest BCUT2D eigenvalue weighted by Gasteiger charge is -2.39. The summed E-state index contributed by atoms with van der Waals surface area (Å²) in [6, 6.07) is 9.15. The lowest BCUT2D eigenvalue weighted by atomic mass is 9.91. The van der Waals surface area contributed by atoms with Crippen LogP contribution in [0.4, 0.5) is 18.0 Å². The third kappa shape index (κ3) is 5.35. The summed E-state index contributed by atoms with van der Waals surface area (Å²) in [4.78, 5) is 15.8. The minimum Gasteiger partial charge on any atom is -0.380 e. The fourth-order valence-electron chi connectivity index (χ4n) is 3.13. The number of benzene rings is 1. The summed E-state index contributed by atoms with van der Waals surface area (Å²) in [6.45, 7) is 0.366. The molecule has 1 heterocycles. The van der Waals surface area contributed by atoms with Gasteiger partial charge in [-0.25, -0.2) is 4.79 Å². The summed E-state index contributed by atoms with van der Waals surface area (Å²) < 4.78 is 38.6. The van der Waals surface area contributed by atoms with E-state index in [1.54, 1.807) is 0 Å². The molecule has 2 rings (SSSR count). The van der Waals surface area contributed by atoms with E-state index in [0.29, 0.717) is 13.0 Å². The van der Waals surface area contributed by atoms with Gasteiger partial charge >= 0.3 is 12.2 Å². The molecular weight excluding hydrogens is 347 g/mol. The average Bonchev–Trinajstić information content (AvgIpc) is 2.54. The molecule has 0 bridgehead atoms. The zero-order chi connectivity index (χ0) is 19.4. The fraction of sp³-hybridized carbons (Fsp3) is 0.611. The monoisotopic (exact) mass is 373 g/mol. The van der Waals surface area contributed by atoms with Crippen molar-refractivity contribution in [3.63, 3.8) is 0 Å². The van der Waals surface area contributed by atoms with Crippen molar-refractivity contribution in [3.05, 3.63) is 35.9 Å². The van der Waals surface area contributed by atoms with Crippen molar-refractivity contribution >= 4 is 6.03 Å². The van der Waals surface area contributed by atoms with Gasteiger partial charge in [-0.1, -0.05) is 30.3 Å². The lowest BCUT2D eigenvalue weighted by Crippen LogP contribution is -2.57. The molecule has 5 nitrogen and oxygen atoms in total. The zero-order valence-corrected chi connectivity index (χ0v) is 15.1. The van der Waals surface area contributed by atoms with Gasteiger partial charge in [0.1, 0.15) is 0 Å². The molecular formula is C18H26F3N3O2. The van der Waals surface area contributed by atoms with E-state index in [0.717, 1.165) is 5.56 Å². The number of likely N-dealkylation sites (tertiary alicyclic amines) is 1. The van der Waals surface area contributed by atoms with Crippen molar-refractivity contribution in [1.82, 2.24) is 15.1 Å². The van der Waals surface area contributed by atoms with Gasteiger partial charge in [-0.05, 0) is 26.1 Å². The molecule has 1 saturated heterocycles. The fourth-order valence-corrected chi connectivity index (χ4v) is 3.13. The van der Waals surface area contributed by atoms with Crippen LogP contribution in [0, 0.1) is 0 Å². The third-order valence-corrected chi connectivity index (χ3v) is 4.64. The third-order valence-electron chi connectivity index (χ3n) is 4.64. The molecule has 146 valence electrons. The predicted octanol–water partition coefficient (Wildman–Crippen LogP) is 2.26. The zero-order valence-electron chi connectivity index (χ0n) is 15.1. The first-order valence-electron chi connectivity index (χ1n) is 8.64. The molecule has 0 spiro atoms. The van der Waals surface area contributed by atoms with E-state index in [1.807, 2.05) is 49.3 Å². The molecule has 1 unspecified atom stereocenters. The SMILES string of the molecule is CN(C)CC(Cc1ccccc1)NC(=O)N1CCC(O)(C(F)(F)F)CC1. The number of halogens is 3. The van der Waals surface area contributed by atoms with Gasteiger partial charge < -0.3 is 20.2 Å². The Labute approximate surface area is 151 Å². The second kappa shape index (κ2) is 8.26. The Morgan fingerprint density at radius 1 is 1.27 bits per heavy atom. The minimum atomic E-state index is -4.67. The highest BCUT2D eigenvalue weighted by molar-refractivity contribution is 5.74. The van der Waals surface area contributed by atoms with Crippen LogP contribution in [0.3, 0.4) is 0 Å². The van der Waals surface area contributed by atoms with Crippen LogP contribution in [0.5, 0.6) is 0 Å². The first-order chi connectivity index (χ1) is 12.1. The number of nitrogens with zero attached hydrogens (tertiary/aromatic N) is 2. The van der Waals surface area contributed by atoms with Crippen LogP contribution in [0.25, 0.3) is 0 Å². The highest BCUT2D eigenvalue weighted by Crippen LogP contribution is 2.38. The Hall–Kier alpha value is -1.80. The molecule has 1 atom stereocenters. The minimum absolute atomic E-state index is 0.123. The number of aliphatic hydroxyl groups is 1. The Bertz CT molecular complexity index is 585. The maximum Gasteiger partial charge on any atom is 0.417 e. The molecule has 1 aliphatic rings. The number of hydrogen-bond acceptors (Lipinski definition) is 3. The smallest absolute Gasteiger partial charge is 0.380 e. The van der Waals surface area contributed by atoms with E-state index in [2.05, 4.69) is 5.32 Å². The predicted molar refractivity (Wildman–Crippen MR) is 92.8 cm³/mol. The van der Waals surface area contributed by atoms with Gasteiger partial charge in [-0.15, -0.1) is 0 Å². The van der Waals surface area contributed by atoms with Crippen LogP contribution in [0.15, 0.2) is 30.3 Å². The number of amides is 2. The van der Waals surface area contributed by atoms with Crippen molar-refractivity contribution in [2.24, 2.45) is 0 Å². The van der Waals surface area contributed by atoms with E-state index in [1.165, 1.54) is 4.90 Å². The number of urea groups is 1. The molecule has 0 aromatic heterocycles. The highest BCUT2D eigenvalue weighted by atomic mass is 19.4. The van der Waals surface area contributed by atoms with Crippen molar-refractivity contribution < 1.29 is 23.1 Å². The van der Waals surface area contributed by atoms with E-state index in [-0.39, 0.29) is 19.1 Å². The van der Waals surface area contributed by atoms with Crippen LogP contribution in [0.2, 0.25) is 0 Å². The van der Waals surface area contributed by atoms with E-state index >= 15 is 0 Å². The molecule has 1 aromatic rings. The van der Waals surface area contributed by atoms with Crippen LogP contribution >= 0.6 is 0 Å². The number of carbonyl (C=O) groups is 1. The molecule has 1 fully saturated rings. The number of piperidine rings is 1. The number of rotatable bonds is 5. The quantitative estimate of drug-likeness (QED) is 0.833. The summed E-state index contributed by atoms with van der Waals surface area (Å²) in [5, 5.41) is 12.6. The maximum atomic E-state index is 12.9. The molecule has 0 aliphatic carbocycles. The van der Waals surface area contributed by atoms with E-state index in [9.17, 15) is 23.1 Å². The Morgan fingerprint density at radius 2 is 1.85 bits per heavy atom. The average molecular weight is 373 g/mol. The van der Waals surface area contributed by atoms with E-state index in [4.69, 9.17) is 0 Å². The van der Waals surface area contributed by atoms with Crippen LogP contribution in [0.1, 0.15) is 18.4 Å². The molecule has 8 heteroatoms. The molecule has 2 N–H and O–H groups in total. The van der Waals surface area contributed by atoms with Crippen LogP contribution < -0.4 is 5.32 Å². The maximum absolute atomic E-state index is 12.9. The Kier molecular flexibility index (Phi) is 6.52. The van der Waals surface area contributed by atoms with Crippen LogP contribution in [-0.4, -0.2) is 72.5 Å². The van der Waals surface area contributed by atoms with Crippen molar-refractivity contribution in [3.8, 4) is 0 Å². The number of carbonyl (C=O) groups excluding carboxylic acids is 1. The van der Waals surface area contributed by atoms with Gasteiger partial charge in [0.05, 0.1) is 0 Å². The number of alkyl halides is 3. The molecule has 0 saturated carbocycles. The van der Waals surface area contributed by atoms with Gasteiger partial charge in [-0.3, -0.25) is 0 Å². The number of likely N-dealkylation sites (N-methyl/N-ethyl adjacent to an activating group) is 1. The standard InChI is InChI=1S/C18H26F3N3O2/c1-23(2)13-15(12-14-6-4-3-5-7-14)22-16(25)24-10-8-17(26,9-11-24)18(19,20)21/h3-7,15,26H,8-13H2,1-2H3,(H,22,25).